The van der Waals surface area contributed by atoms with Crippen molar-refractivity contribution in [1.82, 2.24) is 0 Å². The van der Waals surface area contributed by atoms with Gasteiger partial charge in [0.1, 0.15) is 0 Å². The van der Waals surface area contributed by atoms with Crippen molar-refractivity contribution in [3.05, 3.63) is 35.9 Å². The van der Waals surface area contributed by atoms with Gasteiger partial charge in [0, 0.05) is 12.3 Å². The first-order valence-electron chi connectivity index (χ1n) is 4.95. The van der Waals surface area contributed by atoms with Gasteiger partial charge in [-0.05, 0) is 11.8 Å². The molecule has 0 aliphatic heterocycles. The van der Waals surface area contributed by atoms with E-state index in [1.165, 1.54) is 11.8 Å². The first kappa shape index (κ1) is 12.7. The topological polar surface area (TPSA) is 20.2 Å². The van der Waals surface area contributed by atoms with Crippen LogP contribution in [0.5, 0.6) is 0 Å². The van der Waals surface area contributed by atoms with Crippen LogP contribution in [0.25, 0.3) is 0 Å². The molecule has 1 nitrogen and oxygen atoms in total. The lowest BCUT2D eigenvalue weighted by Crippen LogP contribution is -2.18. The Morgan fingerprint density at radius 1 is 1.40 bits per heavy atom. The summed E-state index contributed by atoms with van der Waals surface area (Å²) < 4.78 is 0.866. The first-order valence-corrected chi connectivity index (χ1v) is 6.58. The molecule has 0 aromatic heterocycles. The number of rotatable bonds is 4. The van der Waals surface area contributed by atoms with Crippen molar-refractivity contribution in [2.24, 2.45) is 0 Å². The third-order valence-electron chi connectivity index (χ3n) is 2.51. The van der Waals surface area contributed by atoms with E-state index in [1.807, 2.05) is 43.5 Å². The second-order valence-electron chi connectivity index (χ2n) is 3.55. The monoisotopic (exact) mass is 240 g/mol. The molecule has 0 unspecified atom stereocenters. The Balaban J connectivity index is 2.61. The summed E-state index contributed by atoms with van der Waals surface area (Å²) in [7, 11) is 0. The van der Waals surface area contributed by atoms with Crippen LogP contribution < -0.4 is 0 Å². The van der Waals surface area contributed by atoms with Gasteiger partial charge in [0.2, 0.25) is 0 Å². The molecule has 0 spiro atoms. The summed E-state index contributed by atoms with van der Waals surface area (Å²) in [5.74, 6) is 0.135. The zero-order chi connectivity index (χ0) is 11.3. The van der Waals surface area contributed by atoms with E-state index in [0.717, 1.165) is 9.76 Å². The lowest BCUT2D eigenvalue weighted by molar-refractivity contribution is 0.158. The van der Waals surface area contributed by atoms with Crippen LogP contribution >= 0.6 is 24.0 Å². The molecular weight excluding hydrogens is 224 g/mol. The number of hydrogen-bond acceptors (Lipinski definition) is 3. The molecule has 0 radical (unpaired) electrons. The predicted octanol–water partition coefficient (Wildman–Crippen LogP) is 3.23. The van der Waals surface area contributed by atoms with Gasteiger partial charge in [-0.15, -0.1) is 11.8 Å². The Hall–Kier alpha value is -0.380. The smallest absolute Gasteiger partial charge is 0.0659 e. The molecule has 1 aromatic carbocycles. The van der Waals surface area contributed by atoms with E-state index in [0.29, 0.717) is 6.42 Å². The maximum absolute atomic E-state index is 9.97. The van der Waals surface area contributed by atoms with Crippen LogP contribution in [0.2, 0.25) is 0 Å². The highest BCUT2D eigenvalue weighted by atomic mass is 32.2. The quantitative estimate of drug-likeness (QED) is 0.816. The van der Waals surface area contributed by atoms with Gasteiger partial charge >= 0.3 is 0 Å². The highest BCUT2D eigenvalue weighted by molar-refractivity contribution is 8.22. The van der Waals surface area contributed by atoms with Crippen molar-refractivity contribution in [2.45, 2.75) is 25.4 Å². The molecule has 0 fully saturated rings. The highest BCUT2D eigenvalue weighted by Gasteiger charge is 2.17. The molecule has 1 aromatic rings. The van der Waals surface area contributed by atoms with Crippen molar-refractivity contribution in [1.29, 1.82) is 0 Å². The molecule has 0 saturated heterocycles. The lowest BCUT2D eigenvalue weighted by atomic mass is 9.94. The number of hydrogen-bond donors (Lipinski definition) is 1. The van der Waals surface area contributed by atoms with Crippen molar-refractivity contribution in [2.75, 3.05) is 6.26 Å². The molecule has 0 aliphatic carbocycles. The van der Waals surface area contributed by atoms with Crippen LogP contribution in [-0.2, 0) is 0 Å². The average Bonchev–Trinajstić information content (AvgIpc) is 2.29. The van der Waals surface area contributed by atoms with Gasteiger partial charge in [-0.3, -0.25) is 0 Å². The van der Waals surface area contributed by atoms with E-state index < -0.39 is 0 Å². The zero-order valence-corrected chi connectivity index (χ0v) is 10.6. The standard InChI is InChI=1S/C12H16OS2/c1-9(10-6-4-3-5-7-10)11(13)8-12(14)15-2/h3-7,9,11,13H,8H2,1-2H3/t9-,11-/m1/s1. The molecule has 1 rings (SSSR count). The zero-order valence-electron chi connectivity index (χ0n) is 9.01. The van der Waals surface area contributed by atoms with Gasteiger partial charge in [-0.2, -0.15) is 0 Å². The van der Waals surface area contributed by atoms with Crippen LogP contribution in [0.1, 0.15) is 24.8 Å². The van der Waals surface area contributed by atoms with E-state index in [9.17, 15) is 5.11 Å². The lowest BCUT2D eigenvalue weighted by Gasteiger charge is -2.18. The molecule has 15 heavy (non-hydrogen) atoms. The van der Waals surface area contributed by atoms with E-state index in [1.54, 1.807) is 0 Å². The number of thioether (sulfide) groups is 1. The summed E-state index contributed by atoms with van der Waals surface area (Å²) in [5, 5.41) is 9.97. The summed E-state index contributed by atoms with van der Waals surface area (Å²) in [6.07, 6.45) is 2.15. The Morgan fingerprint density at radius 3 is 2.53 bits per heavy atom. The fourth-order valence-electron chi connectivity index (χ4n) is 1.41. The third-order valence-corrected chi connectivity index (χ3v) is 3.79. The third kappa shape index (κ3) is 3.93. The molecule has 0 aliphatic rings. The van der Waals surface area contributed by atoms with Gasteiger partial charge in [-0.25, -0.2) is 0 Å². The van der Waals surface area contributed by atoms with E-state index in [-0.39, 0.29) is 12.0 Å². The SMILES string of the molecule is CSC(=S)C[C@@H](O)[C@H](C)c1ccccc1. The first-order chi connectivity index (χ1) is 7.15. The number of benzene rings is 1. The van der Waals surface area contributed by atoms with Crippen LogP contribution in [0, 0.1) is 0 Å². The minimum atomic E-state index is -0.382. The number of aliphatic hydroxyl groups excluding tert-OH is 1. The number of thiocarbonyl (C=S) groups is 1. The maximum atomic E-state index is 9.97. The van der Waals surface area contributed by atoms with Gasteiger partial charge < -0.3 is 5.11 Å². The van der Waals surface area contributed by atoms with E-state index in [4.69, 9.17) is 12.2 Å². The fraction of sp³-hybridized carbons (Fsp3) is 0.417. The Bertz CT molecular complexity index is 311. The highest BCUT2D eigenvalue weighted by Crippen LogP contribution is 2.22. The summed E-state index contributed by atoms with van der Waals surface area (Å²) in [6.45, 7) is 2.03. The molecule has 82 valence electrons. The van der Waals surface area contributed by atoms with Gasteiger partial charge in [0.25, 0.3) is 0 Å². The minimum absolute atomic E-state index is 0.135. The molecule has 0 saturated carbocycles. The second-order valence-corrected chi connectivity index (χ2v) is 5.20. The molecule has 1 N–H and O–H groups in total. The van der Waals surface area contributed by atoms with Gasteiger partial charge in [0.05, 0.1) is 10.3 Å². The van der Waals surface area contributed by atoms with Crippen molar-refractivity contribution >= 4 is 28.2 Å². The van der Waals surface area contributed by atoms with E-state index in [2.05, 4.69) is 0 Å². The Labute approximate surface area is 101 Å². The molecule has 0 bridgehead atoms. The summed E-state index contributed by atoms with van der Waals surface area (Å²) >= 11 is 6.64. The molecular formula is C12H16OS2. The second kappa shape index (κ2) is 6.26. The van der Waals surface area contributed by atoms with Crippen molar-refractivity contribution in [3.8, 4) is 0 Å². The van der Waals surface area contributed by atoms with Gasteiger partial charge in [0.15, 0.2) is 0 Å². The predicted molar refractivity (Wildman–Crippen MR) is 71.6 cm³/mol. The van der Waals surface area contributed by atoms with Crippen molar-refractivity contribution in [3.63, 3.8) is 0 Å². The van der Waals surface area contributed by atoms with Crippen molar-refractivity contribution < 1.29 is 5.11 Å². The molecule has 3 heteroatoms. The summed E-state index contributed by atoms with van der Waals surface area (Å²) in [4.78, 5) is 0. The van der Waals surface area contributed by atoms with Crippen LogP contribution in [-0.4, -0.2) is 21.7 Å². The molecule has 0 amide bonds. The summed E-state index contributed by atoms with van der Waals surface area (Å²) in [6, 6.07) is 10.0. The van der Waals surface area contributed by atoms with E-state index >= 15 is 0 Å². The van der Waals surface area contributed by atoms with Crippen LogP contribution in [0.15, 0.2) is 30.3 Å². The fourth-order valence-corrected chi connectivity index (χ4v) is 1.92. The molecule has 2 atom stereocenters. The Morgan fingerprint density at radius 2 is 2.00 bits per heavy atom. The largest absolute Gasteiger partial charge is 0.392 e. The average molecular weight is 240 g/mol. The normalized spacial score (nSPS) is 14.6. The number of aliphatic hydroxyl groups is 1. The van der Waals surface area contributed by atoms with Crippen LogP contribution in [0.4, 0.5) is 0 Å². The summed E-state index contributed by atoms with van der Waals surface area (Å²) in [5.41, 5.74) is 1.16. The maximum Gasteiger partial charge on any atom is 0.0659 e. The van der Waals surface area contributed by atoms with Gasteiger partial charge in [-0.1, -0.05) is 49.5 Å². The molecule has 0 heterocycles. The van der Waals surface area contributed by atoms with Crippen LogP contribution in [0.3, 0.4) is 0 Å². The minimum Gasteiger partial charge on any atom is -0.392 e. The Kier molecular flexibility index (Phi) is 5.29.